The molecule has 4 N–H and O–H groups in total. The van der Waals surface area contributed by atoms with Crippen LogP contribution in [0.1, 0.15) is 56.6 Å². The smallest absolute Gasteiger partial charge is 0.284 e. The maximum absolute atomic E-state index is 12.5. The van der Waals surface area contributed by atoms with Crippen molar-refractivity contribution in [3.8, 4) is 0 Å². The van der Waals surface area contributed by atoms with Crippen LogP contribution in [0.3, 0.4) is 0 Å². The van der Waals surface area contributed by atoms with Crippen LogP contribution in [0.15, 0.2) is 6.20 Å². The predicted octanol–water partition coefficient (Wildman–Crippen LogP) is 0.329. The molecule has 0 aromatic carbocycles. The molecule has 1 aliphatic rings. The molecule has 0 bridgehead atoms. The molecule has 121 valence electrons. The summed E-state index contributed by atoms with van der Waals surface area (Å²) >= 11 is 0. The van der Waals surface area contributed by atoms with Gasteiger partial charge in [0.15, 0.2) is 5.82 Å². The Bertz CT molecular complexity index is 559. The first-order valence-corrected chi connectivity index (χ1v) is 7.53. The number of imidazole rings is 1. The molecule has 2 amide bonds. The Labute approximate surface area is 129 Å². The van der Waals surface area contributed by atoms with E-state index in [9.17, 15) is 14.7 Å². The van der Waals surface area contributed by atoms with Crippen LogP contribution in [0.2, 0.25) is 0 Å². The van der Waals surface area contributed by atoms with Gasteiger partial charge in [-0.05, 0) is 26.7 Å². The summed E-state index contributed by atoms with van der Waals surface area (Å²) in [6.07, 6.45) is 8.41. The number of nitrogens with zero attached hydrogens (tertiary/aromatic N) is 2. The quantitative estimate of drug-likeness (QED) is 0.728. The van der Waals surface area contributed by atoms with Gasteiger partial charge in [0.25, 0.3) is 5.91 Å². The van der Waals surface area contributed by atoms with Crippen molar-refractivity contribution in [2.24, 2.45) is 5.73 Å². The third-order valence-corrected chi connectivity index (χ3v) is 4.33. The van der Waals surface area contributed by atoms with Crippen molar-refractivity contribution in [2.75, 3.05) is 6.54 Å². The average molecular weight is 307 g/mol. The molecule has 1 heterocycles. The first-order valence-electron chi connectivity index (χ1n) is 7.53. The molecule has 1 fully saturated rings. The highest BCUT2D eigenvalue weighted by atomic mass is 16.3. The number of nitrogens with one attached hydrogen (secondary N) is 1. The summed E-state index contributed by atoms with van der Waals surface area (Å²) < 4.78 is 1.40. The third kappa shape index (κ3) is 3.30. The molecule has 0 unspecified atom stereocenters. The molecule has 7 heteroatoms. The normalized spacial score (nSPS) is 18.0. The molecule has 0 saturated heterocycles. The molecule has 0 atom stereocenters. The fourth-order valence-electron chi connectivity index (χ4n) is 2.82. The molecule has 1 aromatic heterocycles. The van der Waals surface area contributed by atoms with Gasteiger partial charge in [-0.3, -0.25) is 9.59 Å². The first kappa shape index (κ1) is 16.5. The van der Waals surface area contributed by atoms with Crippen molar-refractivity contribution in [2.45, 2.75) is 57.1 Å². The number of carbonyl (C=O) groups is 2. The predicted molar refractivity (Wildman–Crippen MR) is 79.9 cm³/mol. The highest BCUT2D eigenvalue weighted by molar-refractivity contribution is 5.91. The number of nitrogens with two attached hydrogens (primary N) is 1. The highest BCUT2D eigenvalue weighted by Crippen LogP contribution is 2.27. The van der Waals surface area contributed by atoms with Crippen LogP contribution in [-0.2, 0) is 10.3 Å². The Kier molecular flexibility index (Phi) is 4.55. The minimum absolute atomic E-state index is 0.0171. The van der Waals surface area contributed by atoms with Crippen molar-refractivity contribution >= 4 is 11.8 Å². The van der Waals surface area contributed by atoms with Gasteiger partial charge in [0.05, 0.1) is 5.60 Å². The van der Waals surface area contributed by atoms with E-state index in [1.807, 2.05) is 0 Å². The monoisotopic (exact) mass is 307 g/mol. The Balaban J connectivity index is 2.07. The largest absolute Gasteiger partial charge is 0.388 e. The zero-order valence-corrected chi connectivity index (χ0v) is 13.1. The van der Waals surface area contributed by atoms with Crippen molar-refractivity contribution in [3.05, 3.63) is 18.2 Å². The van der Waals surface area contributed by atoms with Crippen molar-refractivity contribution < 1.29 is 14.7 Å². The van der Waals surface area contributed by atoms with E-state index in [1.165, 1.54) is 10.8 Å². The maximum atomic E-state index is 12.5. The Morgan fingerprint density at radius 1 is 1.45 bits per heavy atom. The molecule has 22 heavy (non-hydrogen) atoms. The molecule has 1 aromatic rings. The number of hydrogen-bond acceptors (Lipinski definition) is 4. The molecule has 2 rings (SSSR count). The van der Waals surface area contributed by atoms with E-state index in [0.29, 0.717) is 12.8 Å². The number of carbonyl (C=O) groups excluding carboxylic acids is 2. The van der Waals surface area contributed by atoms with Gasteiger partial charge >= 0.3 is 0 Å². The molecular formula is C15H23N4O3. The SMILES string of the molecule is CC(C)(C(=O)NCC1(O)CCCCC1)n1c[c]nc1C(N)=O. The second kappa shape index (κ2) is 6.08. The van der Waals surface area contributed by atoms with Crippen LogP contribution in [0.5, 0.6) is 0 Å². The molecule has 1 aliphatic carbocycles. The van der Waals surface area contributed by atoms with Crippen molar-refractivity contribution in [1.82, 2.24) is 14.9 Å². The third-order valence-electron chi connectivity index (χ3n) is 4.33. The topological polar surface area (TPSA) is 110 Å². The van der Waals surface area contributed by atoms with E-state index in [1.54, 1.807) is 13.8 Å². The summed E-state index contributed by atoms with van der Waals surface area (Å²) in [5, 5.41) is 13.2. The highest BCUT2D eigenvalue weighted by Gasteiger charge is 2.35. The van der Waals surface area contributed by atoms with E-state index in [2.05, 4.69) is 16.5 Å². The summed E-state index contributed by atoms with van der Waals surface area (Å²) in [4.78, 5) is 27.6. The number of primary amides is 1. The average Bonchev–Trinajstić information content (AvgIpc) is 2.96. The van der Waals surface area contributed by atoms with Gasteiger partial charge < -0.3 is 20.7 Å². The Morgan fingerprint density at radius 3 is 2.68 bits per heavy atom. The second-order valence-corrected chi connectivity index (χ2v) is 6.45. The number of rotatable bonds is 5. The van der Waals surface area contributed by atoms with Gasteiger partial charge in [0, 0.05) is 12.7 Å². The van der Waals surface area contributed by atoms with Gasteiger partial charge in [-0.1, -0.05) is 19.3 Å². The second-order valence-electron chi connectivity index (χ2n) is 6.45. The lowest BCUT2D eigenvalue weighted by Crippen LogP contribution is -2.51. The minimum atomic E-state index is -1.05. The summed E-state index contributed by atoms with van der Waals surface area (Å²) in [5.74, 6) is -1.04. The molecular weight excluding hydrogens is 284 g/mol. The summed E-state index contributed by atoms with van der Waals surface area (Å²) in [6.45, 7) is 3.53. The van der Waals surface area contributed by atoms with Crippen LogP contribution in [0, 0.1) is 6.20 Å². The van der Waals surface area contributed by atoms with Crippen LogP contribution < -0.4 is 11.1 Å². The van der Waals surface area contributed by atoms with Gasteiger partial charge in [-0.2, -0.15) is 0 Å². The molecule has 0 spiro atoms. The van der Waals surface area contributed by atoms with Crippen LogP contribution in [-0.4, -0.2) is 38.6 Å². The lowest BCUT2D eigenvalue weighted by atomic mass is 9.84. The van der Waals surface area contributed by atoms with E-state index in [-0.39, 0.29) is 18.3 Å². The number of aliphatic hydroxyl groups is 1. The van der Waals surface area contributed by atoms with Crippen LogP contribution in [0.4, 0.5) is 0 Å². The van der Waals surface area contributed by atoms with Gasteiger partial charge in [0.1, 0.15) is 11.7 Å². The number of amides is 2. The number of hydrogen-bond donors (Lipinski definition) is 3. The van der Waals surface area contributed by atoms with Crippen molar-refractivity contribution in [3.63, 3.8) is 0 Å². The van der Waals surface area contributed by atoms with Gasteiger partial charge in [0.2, 0.25) is 5.91 Å². The summed E-state index contributed by atoms with van der Waals surface area (Å²) in [6, 6.07) is 0. The summed E-state index contributed by atoms with van der Waals surface area (Å²) in [5.41, 5.74) is 3.36. The Morgan fingerprint density at radius 2 is 2.09 bits per heavy atom. The van der Waals surface area contributed by atoms with E-state index in [4.69, 9.17) is 5.73 Å². The van der Waals surface area contributed by atoms with Gasteiger partial charge in [-0.15, -0.1) is 0 Å². The van der Waals surface area contributed by atoms with Crippen LogP contribution >= 0.6 is 0 Å². The molecule has 1 saturated carbocycles. The lowest BCUT2D eigenvalue weighted by molar-refractivity contribution is -0.130. The minimum Gasteiger partial charge on any atom is -0.388 e. The maximum Gasteiger partial charge on any atom is 0.284 e. The van der Waals surface area contributed by atoms with Crippen molar-refractivity contribution in [1.29, 1.82) is 0 Å². The first-order chi connectivity index (χ1) is 10.3. The summed E-state index contributed by atoms with van der Waals surface area (Å²) in [7, 11) is 0. The molecule has 7 nitrogen and oxygen atoms in total. The molecule has 0 aliphatic heterocycles. The fraction of sp³-hybridized carbons (Fsp3) is 0.667. The van der Waals surface area contributed by atoms with Crippen LogP contribution in [0.25, 0.3) is 0 Å². The zero-order chi connectivity index (χ0) is 16.4. The fourth-order valence-corrected chi connectivity index (χ4v) is 2.82. The van der Waals surface area contributed by atoms with E-state index >= 15 is 0 Å². The van der Waals surface area contributed by atoms with E-state index < -0.39 is 17.0 Å². The molecule has 1 radical (unpaired) electrons. The lowest BCUT2D eigenvalue weighted by Gasteiger charge is -2.34. The Hall–Kier alpha value is -1.89. The van der Waals surface area contributed by atoms with Gasteiger partial charge in [-0.25, -0.2) is 4.98 Å². The zero-order valence-electron chi connectivity index (χ0n) is 13.1. The van der Waals surface area contributed by atoms with E-state index in [0.717, 1.165) is 19.3 Å². The standard InChI is InChI=1S/C15H23N4O3/c1-14(2,19-9-8-17-12(19)11(16)20)13(21)18-10-15(22)6-4-3-5-7-15/h9,22H,3-7,10H2,1-2H3,(H2,16,20)(H,18,21). The number of aromatic nitrogens is 2.